The maximum atomic E-state index is 9.68. The highest BCUT2D eigenvalue weighted by molar-refractivity contribution is 4.95. The average molecular weight is 214 g/mol. The maximum absolute atomic E-state index is 9.68. The van der Waals surface area contributed by atoms with Crippen molar-refractivity contribution in [1.29, 1.82) is 0 Å². The second-order valence-electron chi connectivity index (χ2n) is 4.81. The Bertz CT molecular complexity index is 201. The van der Waals surface area contributed by atoms with Crippen molar-refractivity contribution in [2.75, 3.05) is 46.0 Å². The molecule has 2 N–H and O–H groups in total. The minimum atomic E-state index is -0.0847. The summed E-state index contributed by atoms with van der Waals surface area (Å²) in [6.45, 7) is 8.21. The number of piperazine rings is 1. The molecule has 2 aliphatic heterocycles. The third kappa shape index (κ3) is 2.18. The molecule has 0 spiro atoms. The Morgan fingerprint density at radius 1 is 1.47 bits per heavy atom. The molecule has 2 heterocycles. The van der Waals surface area contributed by atoms with Crippen molar-refractivity contribution in [2.24, 2.45) is 5.92 Å². The van der Waals surface area contributed by atoms with E-state index in [2.05, 4.69) is 17.1 Å². The molecule has 2 rings (SSSR count). The standard InChI is InChI=1S/C11H22N2O2/c1-11(9-14,10-2-7-15-8-10)13-5-3-12-4-6-13/h10,12,14H,2-9H2,1H3. The summed E-state index contributed by atoms with van der Waals surface area (Å²) in [4.78, 5) is 2.42. The van der Waals surface area contributed by atoms with Crippen LogP contribution in [0.5, 0.6) is 0 Å². The van der Waals surface area contributed by atoms with Gasteiger partial charge in [-0.25, -0.2) is 0 Å². The van der Waals surface area contributed by atoms with Crippen LogP contribution >= 0.6 is 0 Å². The van der Waals surface area contributed by atoms with E-state index in [4.69, 9.17) is 4.74 Å². The molecule has 2 unspecified atom stereocenters. The number of hydrogen-bond donors (Lipinski definition) is 2. The first-order valence-corrected chi connectivity index (χ1v) is 5.92. The van der Waals surface area contributed by atoms with Crippen LogP contribution in [0.2, 0.25) is 0 Å². The maximum Gasteiger partial charge on any atom is 0.0616 e. The summed E-state index contributed by atoms with van der Waals surface area (Å²) >= 11 is 0. The third-order valence-electron chi connectivity index (χ3n) is 3.97. The molecule has 0 aromatic rings. The van der Waals surface area contributed by atoms with E-state index in [1.807, 2.05) is 0 Å². The lowest BCUT2D eigenvalue weighted by Gasteiger charge is -2.45. The number of hydrogen-bond acceptors (Lipinski definition) is 4. The molecule has 88 valence electrons. The van der Waals surface area contributed by atoms with E-state index < -0.39 is 0 Å². The van der Waals surface area contributed by atoms with E-state index in [-0.39, 0.29) is 12.1 Å². The monoisotopic (exact) mass is 214 g/mol. The zero-order chi connectivity index (χ0) is 10.7. The van der Waals surface area contributed by atoms with Gasteiger partial charge in [-0.05, 0) is 13.3 Å². The molecule has 2 aliphatic rings. The minimum Gasteiger partial charge on any atom is -0.394 e. The van der Waals surface area contributed by atoms with E-state index in [0.717, 1.165) is 45.8 Å². The smallest absolute Gasteiger partial charge is 0.0616 e. The molecule has 0 amide bonds. The van der Waals surface area contributed by atoms with Crippen LogP contribution in [0, 0.1) is 5.92 Å². The van der Waals surface area contributed by atoms with Crippen molar-refractivity contribution in [3.63, 3.8) is 0 Å². The van der Waals surface area contributed by atoms with E-state index >= 15 is 0 Å². The van der Waals surface area contributed by atoms with Gasteiger partial charge in [0.15, 0.2) is 0 Å². The first kappa shape index (κ1) is 11.3. The van der Waals surface area contributed by atoms with Crippen molar-refractivity contribution < 1.29 is 9.84 Å². The predicted octanol–water partition coefficient (Wildman–Crippen LogP) is -0.321. The van der Waals surface area contributed by atoms with Gasteiger partial charge in [0.2, 0.25) is 0 Å². The Balaban J connectivity index is 2.04. The van der Waals surface area contributed by atoms with E-state index in [1.165, 1.54) is 0 Å². The molecule has 2 fully saturated rings. The Kier molecular flexibility index (Phi) is 3.61. The SMILES string of the molecule is CC(CO)(C1CCOC1)N1CCNCC1. The van der Waals surface area contributed by atoms with E-state index in [0.29, 0.717) is 5.92 Å². The molecule has 15 heavy (non-hydrogen) atoms. The number of rotatable bonds is 3. The van der Waals surface area contributed by atoms with Gasteiger partial charge in [-0.15, -0.1) is 0 Å². The first-order valence-electron chi connectivity index (χ1n) is 5.92. The number of nitrogens with zero attached hydrogens (tertiary/aromatic N) is 1. The van der Waals surface area contributed by atoms with Crippen LogP contribution in [-0.2, 0) is 4.74 Å². The number of ether oxygens (including phenoxy) is 1. The normalized spacial score (nSPS) is 32.8. The van der Waals surface area contributed by atoms with Gasteiger partial charge in [0.1, 0.15) is 0 Å². The highest BCUT2D eigenvalue weighted by Crippen LogP contribution is 2.31. The van der Waals surface area contributed by atoms with Gasteiger partial charge in [-0.2, -0.15) is 0 Å². The number of aliphatic hydroxyl groups is 1. The van der Waals surface area contributed by atoms with Crippen molar-refractivity contribution in [3.8, 4) is 0 Å². The van der Waals surface area contributed by atoms with Crippen LogP contribution in [0.3, 0.4) is 0 Å². The van der Waals surface area contributed by atoms with Gasteiger partial charge in [0.25, 0.3) is 0 Å². The number of nitrogens with one attached hydrogen (secondary N) is 1. The molecule has 0 saturated carbocycles. The summed E-state index contributed by atoms with van der Waals surface area (Å²) in [5.41, 5.74) is -0.0847. The fourth-order valence-electron chi connectivity index (χ4n) is 2.69. The van der Waals surface area contributed by atoms with Crippen molar-refractivity contribution in [3.05, 3.63) is 0 Å². The lowest BCUT2D eigenvalue weighted by Crippen LogP contribution is -2.60. The molecular formula is C11H22N2O2. The van der Waals surface area contributed by atoms with Crippen LogP contribution in [0.25, 0.3) is 0 Å². The summed E-state index contributed by atoms with van der Waals surface area (Å²) in [5, 5.41) is 13.0. The summed E-state index contributed by atoms with van der Waals surface area (Å²) in [5.74, 6) is 0.487. The fraction of sp³-hybridized carbons (Fsp3) is 1.00. The van der Waals surface area contributed by atoms with Crippen LogP contribution in [0.15, 0.2) is 0 Å². The third-order valence-corrected chi connectivity index (χ3v) is 3.97. The lowest BCUT2D eigenvalue weighted by atomic mass is 9.83. The van der Waals surface area contributed by atoms with Crippen LogP contribution in [0.4, 0.5) is 0 Å². The van der Waals surface area contributed by atoms with Crippen LogP contribution in [-0.4, -0.2) is 61.5 Å². The van der Waals surface area contributed by atoms with Crippen LogP contribution in [0.1, 0.15) is 13.3 Å². The summed E-state index contributed by atoms with van der Waals surface area (Å²) in [6, 6.07) is 0. The van der Waals surface area contributed by atoms with E-state index in [1.54, 1.807) is 0 Å². The second kappa shape index (κ2) is 4.78. The average Bonchev–Trinajstić information content (AvgIpc) is 2.83. The zero-order valence-electron chi connectivity index (χ0n) is 9.54. The summed E-state index contributed by atoms with van der Waals surface area (Å²) in [6.07, 6.45) is 1.08. The second-order valence-corrected chi connectivity index (χ2v) is 4.81. The van der Waals surface area contributed by atoms with Gasteiger partial charge >= 0.3 is 0 Å². The molecule has 4 heteroatoms. The fourth-order valence-corrected chi connectivity index (χ4v) is 2.69. The zero-order valence-corrected chi connectivity index (χ0v) is 9.54. The largest absolute Gasteiger partial charge is 0.394 e. The molecule has 4 nitrogen and oxygen atoms in total. The Morgan fingerprint density at radius 3 is 2.73 bits per heavy atom. The summed E-state index contributed by atoms with van der Waals surface area (Å²) in [7, 11) is 0. The van der Waals surface area contributed by atoms with Crippen molar-refractivity contribution >= 4 is 0 Å². The molecule has 2 atom stereocenters. The topological polar surface area (TPSA) is 44.7 Å². The Morgan fingerprint density at radius 2 is 2.20 bits per heavy atom. The minimum absolute atomic E-state index is 0.0847. The molecule has 0 bridgehead atoms. The van der Waals surface area contributed by atoms with Gasteiger partial charge < -0.3 is 15.2 Å². The molecule has 2 saturated heterocycles. The molecule has 0 aromatic heterocycles. The number of aliphatic hydroxyl groups excluding tert-OH is 1. The molecule has 0 radical (unpaired) electrons. The highest BCUT2D eigenvalue weighted by atomic mass is 16.5. The van der Waals surface area contributed by atoms with Crippen LogP contribution < -0.4 is 5.32 Å². The first-order chi connectivity index (χ1) is 7.27. The molecule has 0 aromatic carbocycles. The van der Waals surface area contributed by atoms with Gasteiger partial charge in [-0.1, -0.05) is 0 Å². The van der Waals surface area contributed by atoms with Crippen molar-refractivity contribution in [1.82, 2.24) is 10.2 Å². The van der Waals surface area contributed by atoms with Gasteiger partial charge in [-0.3, -0.25) is 4.90 Å². The van der Waals surface area contributed by atoms with E-state index in [9.17, 15) is 5.11 Å². The molecule has 0 aliphatic carbocycles. The lowest BCUT2D eigenvalue weighted by molar-refractivity contribution is -0.0129. The molecular weight excluding hydrogens is 192 g/mol. The predicted molar refractivity (Wildman–Crippen MR) is 58.9 cm³/mol. The highest BCUT2D eigenvalue weighted by Gasteiger charge is 2.41. The van der Waals surface area contributed by atoms with Gasteiger partial charge in [0, 0.05) is 44.2 Å². The Labute approximate surface area is 91.6 Å². The van der Waals surface area contributed by atoms with Gasteiger partial charge in [0.05, 0.1) is 13.2 Å². The quantitative estimate of drug-likeness (QED) is 0.676. The summed E-state index contributed by atoms with van der Waals surface area (Å²) < 4.78 is 5.44. The van der Waals surface area contributed by atoms with Crippen molar-refractivity contribution in [2.45, 2.75) is 18.9 Å². The Hall–Kier alpha value is -0.160.